The normalized spacial score (nSPS) is 19.9. The molecule has 0 saturated carbocycles. The van der Waals surface area contributed by atoms with Crippen LogP contribution >= 0.6 is 11.6 Å². The lowest BCUT2D eigenvalue weighted by molar-refractivity contribution is -0.148. The first-order chi connectivity index (χ1) is 12.6. The van der Waals surface area contributed by atoms with E-state index in [1.165, 1.54) is 0 Å². The highest BCUT2D eigenvalue weighted by atomic mass is 35.5. The Morgan fingerprint density at radius 3 is 2.69 bits per heavy atom. The van der Waals surface area contributed by atoms with Crippen LogP contribution in [-0.2, 0) is 16.1 Å². The first-order valence-electron chi connectivity index (χ1n) is 8.75. The fraction of sp³-hybridized carbons (Fsp3) is 0.333. The number of nitrogens with zero attached hydrogens (tertiary/aromatic N) is 2. The van der Waals surface area contributed by atoms with Crippen LogP contribution in [0.25, 0.3) is 0 Å². The number of halogens is 1. The summed E-state index contributed by atoms with van der Waals surface area (Å²) < 4.78 is 5.30. The highest BCUT2D eigenvalue weighted by Crippen LogP contribution is 2.36. The number of benzene rings is 2. The zero-order valence-electron chi connectivity index (χ0n) is 14.7. The van der Waals surface area contributed by atoms with Gasteiger partial charge in [-0.05, 0) is 30.2 Å². The summed E-state index contributed by atoms with van der Waals surface area (Å²) in [5.41, 5.74) is 2.56. The van der Waals surface area contributed by atoms with Gasteiger partial charge in [-0.2, -0.15) is 5.26 Å². The van der Waals surface area contributed by atoms with Gasteiger partial charge < -0.3 is 4.74 Å². The average molecular weight is 369 g/mol. The zero-order valence-corrected chi connectivity index (χ0v) is 15.4. The van der Waals surface area contributed by atoms with E-state index in [9.17, 15) is 10.1 Å². The van der Waals surface area contributed by atoms with Crippen molar-refractivity contribution < 1.29 is 9.53 Å². The first-order valence-corrected chi connectivity index (χ1v) is 9.13. The Kier molecular flexibility index (Phi) is 5.92. The predicted molar refractivity (Wildman–Crippen MR) is 101 cm³/mol. The molecular formula is C21H21ClN2O2. The summed E-state index contributed by atoms with van der Waals surface area (Å²) in [6.45, 7) is 4.11. The average Bonchev–Trinajstić information content (AvgIpc) is 3.07. The van der Waals surface area contributed by atoms with E-state index >= 15 is 0 Å². The quantitative estimate of drug-likeness (QED) is 0.749. The van der Waals surface area contributed by atoms with Crippen molar-refractivity contribution in [1.82, 2.24) is 4.90 Å². The summed E-state index contributed by atoms with van der Waals surface area (Å²) >= 11 is 6.29. The number of carbonyl (C=O) groups is 1. The SMILES string of the molecule is CCOC(=O)[C@@H]1CN(Cc2ccccc2Cl)CC1c1ccccc1C#N. The Morgan fingerprint density at radius 1 is 1.23 bits per heavy atom. The number of likely N-dealkylation sites (tertiary alicyclic amines) is 1. The monoisotopic (exact) mass is 368 g/mol. The smallest absolute Gasteiger partial charge is 0.310 e. The summed E-state index contributed by atoms with van der Waals surface area (Å²) in [6, 6.07) is 17.5. The molecule has 0 radical (unpaired) electrons. The third kappa shape index (κ3) is 3.90. The van der Waals surface area contributed by atoms with E-state index in [4.69, 9.17) is 16.3 Å². The minimum absolute atomic E-state index is 0.0626. The van der Waals surface area contributed by atoms with Gasteiger partial charge >= 0.3 is 5.97 Å². The Labute approximate surface area is 158 Å². The maximum atomic E-state index is 12.5. The molecule has 134 valence electrons. The molecule has 5 heteroatoms. The number of carbonyl (C=O) groups excluding carboxylic acids is 1. The van der Waals surface area contributed by atoms with E-state index in [2.05, 4.69) is 11.0 Å². The molecule has 0 N–H and O–H groups in total. The zero-order chi connectivity index (χ0) is 18.5. The Morgan fingerprint density at radius 2 is 1.96 bits per heavy atom. The molecule has 26 heavy (non-hydrogen) atoms. The molecule has 1 aliphatic heterocycles. The van der Waals surface area contributed by atoms with Crippen molar-refractivity contribution in [2.24, 2.45) is 5.92 Å². The van der Waals surface area contributed by atoms with E-state index in [-0.39, 0.29) is 17.8 Å². The van der Waals surface area contributed by atoms with Crippen LogP contribution in [0, 0.1) is 17.2 Å². The number of esters is 1. The molecule has 1 heterocycles. The van der Waals surface area contributed by atoms with Gasteiger partial charge in [0.1, 0.15) is 0 Å². The van der Waals surface area contributed by atoms with E-state index in [0.717, 1.165) is 16.1 Å². The van der Waals surface area contributed by atoms with Gasteiger partial charge in [0.05, 0.1) is 24.2 Å². The third-order valence-electron chi connectivity index (χ3n) is 4.82. The molecular weight excluding hydrogens is 348 g/mol. The highest BCUT2D eigenvalue weighted by Gasteiger charge is 2.40. The van der Waals surface area contributed by atoms with Crippen LogP contribution in [0.5, 0.6) is 0 Å². The van der Waals surface area contributed by atoms with Crippen molar-refractivity contribution in [3.05, 3.63) is 70.2 Å². The van der Waals surface area contributed by atoms with Crippen molar-refractivity contribution >= 4 is 17.6 Å². The van der Waals surface area contributed by atoms with Crippen molar-refractivity contribution in [2.45, 2.75) is 19.4 Å². The van der Waals surface area contributed by atoms with Crippen LogP contribution in [0.15, 0.2) is 48.5 Å². The van der Waals surface area contributed by atoms with Gasteiger partial charge in [-0.1, -0.05) is 48.0 Å². The number of hydrogen-bond acceptors (Lipinski definition) is 4. The first kappa shape index (κ1) is 18.4. The van der Waals surface area contributed by atoms with Crippen molar-refractivity contribution in [2.75, 3.05) is 19.7 Å². The van der Waals surface area contributed by atoms with Gasteiger partial charge in [-0.25, -0.2) is 0 Å². The Balaban J connectivity index is 1.87. The van der Waals surface area contributed by atoms with Crippen molar-refractivity contribution in [1.29, 1.82) is 5.26 Å². The van der Waals surface area contributed by atoms with Crippen LogP contribution < -0.4 is 0 Å². The lowest BCUT2D eigenvalue weighted by Crippen LogP contribution is -2.25. The van der Waals surface area contributed by atoms with Crippen LogP contribution in [-0.4, -0.2) is 30.6 Å². The standard InChI is InChI=1S/C21H21ClN2O2/c1-2-26-21(25)19-14-24(12-16-8-4-6-10-20(16)22)13-18(19)17-9-5-3-7-15(17)11-23/h3-10,18-19H,2,12-14H2,1H3/t18?,19-/m1/s1. The van der Waals surface area contributed by atoms with Crippen molar-refractivity contribution in [3.8, 4) is 6.07 Å². The van der Waals surface area contributed by atoms with Gasteiger partial charge in [0.2, 0.25) is 0 Å². The summed E-state index contributed by atoms with van der Waals surface area (Å²) in [5.74, 6) is -0.550. The van der Waals surface area contributed by atoms with E-state index in [0.29, 0.717) is 31.8 Å². The summed E-state index contributed by atoms with van der Waals surface area (Å²) in [7, 11) is 0. The summed E-state index contributed by atoms with van der Waals surface area (Å²) in [6.07, 6.45) is 0. The summed E-state index contributed by atoms with van der Waals surface area (Å²) in [5, 5.41) is 10.2. The molecule has 1 aliphatic rings. The fourth-order valence-electron chi connectivity index (χ4n) is 3.61. The molecule has 2 aromatic rings. The van der Waals surface area contributed by atoms with Crippen LogP contribution in [0.1, 0.15) is 29.5 Å². The molecule has 0 amide bonds. The lowest BCUT2D eigenvalue weighted by atomic mass is 9.86. The fourth-order valence-corrected chi connectivity index (χ4v) is 3.80. The van der Waals surface area contributed by atoms with Crippen LogP contribution in [0.2, 0.25) is 5.02 Å². The number of ether oxygens (including phenoxy) is 1. The Bertz CT molecular complexity index is 831. The molecule has 2 aromatic carbocycles. The van der Waals surface area contributed by atoms with Gasteiger partial charge in [-0.3, -0.25) is 9.69 Å². The van der Waals surface area contributed by atoms with Gasteiger partial charge in [0.25, 0.3) is 0 Å². The highest BCUT2D eigenvalue weighted by molar-refractivity contribution is 6.31. The molecule has 1 saturated heterocycles. The molecule has 1 fully saturated rings. The maximum Gasteiger partial charge on any atom is 0.310 e. The second kappa shape index (κ2) is 8.35. The molecule has 2 atom stereocenters. The van der Waals surface area contributed by atoms with Gasteiger partial charge in [-0.15, -0.1) is 0 Å². The predicted octanol–water partition coefficient (Wildman–Crippen LogP) is 3.99. The van der Waals surface area contributed by atoms with Crippen molar-refractivity contribution in [3.63, 3.8) is 0 Å². The molecule has 4 nitrogen and oxygen atoms in total. The minimum Gasteiger partial charge on any atom is -0.466 e. The second-order valence-electron chi connectivity index (χ2n) is 6.45. The minimum atomic E-state index is -0.285. The molecule has 0 bridgehead atoms. The Hall–Kier alpha value is -2.35. The number of hydrogen-bond donors (Lipinski definition) is 0. The molecule has 0 aliphatic carbocycles. The van der Waals surface area contributed by atoms with Gasteiger partial charge in [0.15, 0.2) is 0 Å². The number of nitriles is 1. The largest absolute Gasteiger partial charge is 0.466 e. The molecule has 1 unspecified atom stereocenters. The van der Waals surface area contributed by atoms with Crippen LogP contribution in [0.4, 0.5) is 0 Å². The van der Waals surface area contributed by atoms with E-state index in [1.807, 2.05) is 49.4 Å². The maximum absolute atomic E-state index is 12.5. The molecule has 0 spiro atoms. The molecule has 3 rings (SSSR count). The lowest BCUT2D eigenvalue weighted by Gasteiger charge is -2.18. The van der Waals surface area contributed by atoms with Crippen LogP contribution in [0.3, 0.4) is 0 Å². The molecule has 0 aromatic heterocycles. The van der Waals surface area contributed by atoms with E-state index in [1.54, 1.807) is 6.07 Å². The van der Waals surface area contributed by atoms with E-state index < -0.39 is 0 Å². The third-order valence-corrected chi connectivity index (χ3v) is 5.19. The topological polar surface area (TPSA) is 53.3 Å². The second-order valence-corrected chi connectivity index (χ2v) is 6.86. The number of rotatable bonds is 5. The van der Waals surface area contributed by atoms with Gasteiger partial charge in [0, 0.05) is 30.6 Å². The summed E-state index contributed by atoms with van der Waals surface area (Å²) in [4.78, 5) is 14.7.